The topological polar surface area (TPSA) is 122 Å². The second-order valence-electron chi connectivity index (χ2n) is 7.15. The number of hydrogen-bond donors (Lipinski definition) is 2. The number of aliphatic carboxylic acids is 2. The molecule has 9 nitrogen and oxygen atoms in total. The van der Waals surface area contributed by atoms with Gasteiger partial charge in [0.25, 0.3) is 0 Å². The number of carboxylic acid groups (broad SMARTS) is 2. The highest BCUT2D eigenvalue weighted by atomic mass is 16.5. The maximum Gasteiger partial charge on any atom is 0.414 e. The van der Waals surface area contributed by atoms with E-state index in [4.69, 9.17) is 29.3 Å². The lowest BCUT2D eigenvalue weighted by Crippen LogP contribution is -2.22. The summed E-state index contributed by atoms with van der Waals surface area (Å²) in [5.41, 5.74) is 2.24. The van der Waals surface area contributed by atoms with Crippen LogP contribution in [0.1, 0.15) is 18.2 Å². The van der Waals surface area contributed by atoms with Gasteiger partial charge in [0.15, 0.2) is 0 Å². The number of aromatic nitrogens is 3. The number of para-hydroxylation sites is 1. The van der Waals surface area contributed by atoms with Crippen LogP contribution in [0, 0.1) is 5.92 Å². The van der Waals surface area contributed by atoms with Crippen molar-refractivity contribution in [3.63, 3.8) is 0 Å². The number of hydrogen-bond acceptors (Lipinski definition) is 6. The SMILES string of the molecule is Cn1cc(-c2noc(C3CN4CCC3C4)n2)c2ccccc21.O=C(O)C(=O)O. The van der Waals surface area contributed by atoms with Crippen molar-refractivity contribution in [2.24, 2.45) is 13.0 Å². The molecule has 2 bridgehead atoms. The van der Waals surface area contributed by atoms with Crippen LogP contribution in [0.2, 0.25) is 0 Å². The second-order valence-corrected chi connectivity index (χ2v) is 7.15. The second kappa shape index (κ2) is 7.08. The van der Waals surface area contributed by atoms with E-state index in [1.165, 1.54) is 30.4 Å². The molecule has 3 aromatic rings. The van der Waals surface area contributed by atoms with Crippen LogP contribution in [0.4, 0.5) is 0 Å². The van der Waals surface area contributed by atoms with Crippen molar-refractivity contribution in [2.75, 3.05) is 19.6 Å². The summed E-state index contributed by atoms with van der Waals surface area (Å²) in [7, 11) is 2.05. The van der Waals surface area contributed by atoms with Gasteiger partial charge in [-0.15, -0.1) is 0 Å². The van der Waals surface area contributed by atoms with Crippen LogP contribution >= 0.6 is 0 Å². The van der Waals surface area contributed by atoms with Crippen molar-refractivity contribution in [1.82, 2.24) is 19.6 Å². The number of rotatable bonds is 2. The number of carboxylic acids is 2. The molecule has 146 valence electrons. The monoisotopic (exact) mass is 384 g/mol. The highest BCUT2D eigenvalue weighted by Crippen LogP contribution is 2.39. The number of carbonyl (C=O) groups is 2. The summed E-state index contributed by atoms with van der Waals surface area (Å²) >= 11 is 0. The highest BCUT2D eigenvalue weighted by Gasteiger charge is 2.41. The minimum atomic E-state index is -1.82. The normalized spacial score (nSPS) is 22.8. The first-order chi connectivity index (χ1) is 13.4. The molecule has 4 heterocycles. The van der Waals surface area contributed by atoms with Gasteiger partial charge in [-0.3, -0.25) is 0 Å². The molecule has 0 spiro atoms. The van der Waals surface area contributed by atoms with Crippen molar-refractivity contribution in [3.8, 4) is 11.4 Å². The minimum Gasteiger partial charge on any atom is -0.473 e. The van der Waals surface area contributed by atoms with Crippen LogP contribution in [0.15, 0.2) is 35.0 Å². The molecule has 0 radical (unpaired) electrons. The van der Waals surface area contributed by atoms with E-state index in [9.17, 15) is 0 Å². The number of aryl methyl sites for hydroxylation is 1. The van der Waals surface area contributed by atoms with Gasteiger partial charge in [-0.05, 0) is 24.9 Å². The average molecular weight is 384 g/mol. The molecule has 28 heavy (non-hydrogen) atoms. The molecule has 3 atom stereocenters. The quantitative estimate of drug-likeness (QED) is 0.642. The number of piperidine rings is 1. The minimum absolute atomic E-state index is 0.421. The molecule has 2 aliphatic rings. The first-order valence-corrected chi connectivity index (χ1v) is 9.00. The van der Waals surface area contributed by atoms with Crippen LogP contribution < -0.4 is 0 Å². The van der Waals surface area contributed by atoms with Gasteiger partial charge < -0.3 is 24.2 Å². The van der Waals surface area contributed by atoms with Crippen LogP contribution in [0.25, 0.3) is 22.3 Å². The fourth-order valence-electron chi connectivity index (χ4n) is 4.08. The Morgan fingerprint density at radius 3 is 2.57 bits per heavy atom. The Morgan fingerprint density at radius 1 is 1.18 bits per heavy atom. The molecule has 0 saturated carbocycles. The Morgan fingerprint density at radius 2 is 1.93 bits per heavy atom. The van der Waals surface area contributed by atoms with E-state index < -0.39 is 11.9 Å². The third kappa shape index (κ3) is 3.24. The first kappa shape index (κ1) is 18.2. The summed E-state index contributed by atoms with van der Waals surface area (Å²) in [5, 5.41) is 20.2. The molecule has 0 amide bonds. The highest BCUT2D eigenvalue weighted by molar-refractivity contribution is 6.27. The fraction of sp³-hybridized carbons (Fsp3) is 0.368. The van der Waals surface area contributed by atoms with E-state index in [0.29, 0.717) is 17.7 Å². The zero-order valence-corrected chi connectivity index (χ0v) is 15.3. The van der Waals surface area contributed by atoms with Gasteiger partial charge >= 0.3 is 11.9 Å². The molecule has 1 aromatic carbocycles. The molecule has 5 rings (SSSR count). The van der Waals surface area contributed by atoms with Gasteiger partial charge in [0.2, 0.25) is 11.7 Å². The Labute approximate surface area is 160 Å². The predicted molar refractivity (Wildman–Crippen MR) is 98.8 cm³/mol. The maximum absolute atomic E-state index is 9.10. The molecule has 2 aliphatic heterocycles. The molecule has 0 aliphatic carbocycles. The van der Waals surface area contributed by atoms with Crippen LogP contribution in [0.5, 0.6) is 0 Å². The van der Waals surface area contributed by atoms with Crippen LogP contribution in [-0.4, -0.2) is 61.4 Å². The van der Waals surface area contributed by atoms with Crippen LogP contribution in [-0.2, 0) is 16.6 Å². The van der Waals surface area contributed by atoms with E-state index >= 15 is 0 Å². The molecule has 2 aromatic heterocycles. The summed E-state index contributed by atoms with van der Waals surface area (Å²) in [4.78, 5) is 25.4. The molecular formula is C19H20N4O5. The molecule has 2 fully saturated rings. The van der Waals surface area contributed by atoms with E-state index in [0.717, 1.165) is 18.0 Å². The van der Waals surface area contributed by atoms with E-state index in [-0.39, 0.29) is 0 Å². The van der Waals surface area contributed by atoms with Crippen molar-refractivity contribution in [1.29, 1.82) is 0 Å². The zero-order valence-electron chi connectivity index (χ0n) is 15.3. The Balaban J connectivity index is 0.000000283. The Kier molecular flexibility index (Phi) is 4.60. The Bertz CT molecular complexity index is 1030. The lowest BCUT2D eigenvalue weighted by atomic mass is 9.93. The molecule has 2 saturated heterocycles. The van der Waals surface area contributed by atoms with Gasteiger partial charge in [0, 0.05) is 42.8 Å². The zero-order chi connectivity index (χ0) is 19.8. The van der Waals surface area contributed by atoms with Crippen molar-refractivity contribution in [3.05, 3.63) is 36.4 Å². The number of fused-ring (bicyclic) bond motifs is 3. The summed E-state index contributed by atoms with van der Waals surface area (Å²) in [6, 6.07) is 8.33. The van der Waals surface area contributed by atoms with E-state index in [2.05, 4.69) is 52.1 Å². The van der Waals surface area contributed by atoms with E-state index in [1.807, 2.05) is 0 Å². The summed E-state index contributed by atoms with van der Waals surface area (Å²) in [5.74, 6) is -1.00. The molecule has 3 unspecified atom stereocenters. The lowest BCUT2D eigenvalue weighted by molar-refractivity contribution is -0.159. The van der Waals surface area contributed by atoms with Gasteiger partial charge in [0.1, 0.15) is 0 Å². The fourth-order valence-corrected chi connectivity index (χ4v) is 4.08. The summed E-state index contributed by atoms with van der Waals surface area (Å²) in [6.45, 7) is 3.49. The van der Waals surface area contributed by atoms with Crippen LogP contribution in [0.3, 0.4) is 0 Å². The first-order valence-electron chi connectivity index (χ1n) is 9.00. The van der Waals surface area contributed by atoms with Gasteiger partial charge in [0.05, 0.1) is 5.92 Å². The van der Waals surface area contributed by atoms with E-state index in [1.54, 1.807) is 0 Å². The largest absolute Gasteiger partial charge is 0.473 e. The van der Waals surface area contributed by atoms with Gasteiger partial charge in [-0.25, -0.2) is 9.59 Å². The van der Waals surface area contributed by atoms with Crippen molar-refractivity contribution < 1.29 is 24.3 Å². The van der Waals surface area contributed by atoms with Crippen molar-refractivity contribution in [2.45, 2.75) is 12.3 Å². The van der Waals surface area contributed by atoms with Gasteiger partial charge in [-0.1, -0.05) is 23.4 Å². The Hall–Kier alpha value is -3.20. The third-order valence-electron chi connectivity index (χ3n) is 5.41. The average Bonchev–Trinajstić information content (AvgIpc) is 3.46. The van der Waals surface area contributed by atoms with Gasteiger partial charge in [-0.2, -0.15) is 4.98 Å². The number of benzene rings is 1. The molecule has 9 heteroatoms. The number of nitrogens with zero attached hydrogens (tertiary/aromatic N) is 4. The standard InChI is InChI=1S/C17H18N4O.C2H2O4/c1-20-9-14(12-4-2-3-5-15(12)20)16-18-17(22-19-16)13-10-21-7-6-11(13)8-21;3-1(4)2(5)6/h2-5,9,11,13H,6-8,10H2,1H3;(H,3,4)(H,5,6). The van der Waals surface area contributed by atoms with Crippen molar-refractivity contribution >= 4 is 22.8 Å². The lowest BCUT2D eigenvalue weighted by Gasteiger charge is -2.17. The molecular weight excluding hydrogens is 364 g/mol. The summed E-state index contributed by atoms with van der Waals surface area (Å²) in [6.07, 6.45) is 3.35. The maximum atomic E-state index is 9.10. The predicted octanol–water partition coefficient (Wildman–Crippen LogP) is 1.80. The summed E-state index contributed by atoms with van der Waals surface area (Å²) < 4.78 is 7.73. The smallest absolute Gasteiger partial charge is 0.414 e. The third-order valence-corrected chi connectivity index (χ3v) is 5.41. The molecule has 2 N–H and O–H groups in total.